The lowest BCUT2D eigenvalue weighted by molar-refractivity contribution is -0.142. The molecule has 1 aliphatic heterocycles. The topological polar surface area (TPSA) is 121 Å². The number of aliphatic hydroxyl groups is 1. The average molecular weight is 424 g/mol. The van der Waals surface area contributed by atoms with Crippen molar-refractivity contribution >= 4 is 22.8 Å². The molecule has 0 saturated heterocycles. The summed E-state index contributed by atoms with van der Waals surface area (Å²) < 4.78 is 10.7. The Labute approximate surface area is 178 Å². The first-order chi connectivity index (χ1) is 15.0. The van der Waals surface area contributed by atoms with Crippen molar-refractivity contribution in [2.45, 2.75) is 37.8 Å². The molecule has 2 aromatic carbocycles. The third-order valence-corrected chi connectivity index (χ3v) is 5.55. The molecule has 1 amide bonds. The molecule has 8 heteroatoms. The van der Waals surface area contributed by atoms with Crippen LogP contribution in [0.15, 0.2) is 48.7 Å². The van der Waals surface area contributed by atoms with Crippen molar-refractivity contribution < 1.29 is 29.3 Å². The molecular weight excluding hydrogens is 400 g/mol. The molecule has 4 rings (SSSR count). The molecule has 0 radical (unpaired) electrons. The smallest absolute Gasteiger partial charge is 0.326 e. The number of carbonyl (C=O) groups excluding carboxylic acids is 1. The molecule has 0 fully saturated rings. The van der Waals surface area contributed by atoms with Crippen LogP contribution in [0.3, 0.4) is 0 Å². The first kappa shape index (κ1) is 20.7. The number of aliphatic hydroxyl groups excluding tert-OH is 1. The summed E-state index contributed by atoms with van der Waals surface area (Å²) in [5.41, 5.74) is 2.22. The predicted octanol–water partition coefficient (Wildman–Crippen LogP) is 2.56. The first-order valence-electron chi connectivity index (χ1n) is 10.1. The number of benzene rings is 2. The van der Waals surface area contributed by atoms with E-state index in [2.05, 4.69) is 10.3 Å². The third-order valence-electron chi connectivity index (χ3n) is 5.55. The number of carboxylic acids is 1. The Morgan fingerprint density at radius 3 is 2.71 bits per heavy atom. The van der Waals surface area contributed by atoms with E-state index in [1.807, 2.05) is 24.3 Å². The minimum Gasteiger partial charge on any atom is -0.480 e. The van der Waals surface area contributed by atoms with E-state index in [1.54, 1.807) is 31.3 Å². The molecule has 3 aromatic rings. The predicted molar refractivity (Wildman–Crippen MR) is 113 cm³/mol. The van der Waals surface area contributed by atoms with Gasteiger partial charge in [-0.05, 0) is 35.7 Å². The van der Waals surface area contributed by atoms with Crippen LogP contribution in [0.5, 0.6) is 11.5 Å². The van der Waals surface area contributed by atoms with Gasteiger partial charge in [-0.2, -0.15) is 0 Å². The van der Waals surface area contributed by atoms with Gasteiger partial charge in [-0.1, -0.05) is 31.2 Å². The van der Waals surface area contributed by atoms with Gasteiger partial charge in [0, 0.05) is 23.5 Å². The van der Waals surface area contributed by atoms with E-state index in [4.69, 9.17) is 9.47 Å². The molecule has 2 unspecified atom stereocenters. The number of hydrogen-bond donors (Lipinski definition) is 4. The highest BCUT2D eigenvalue weighted by atomic mass is 16.7. The van der Waals surface area contributed by atoms with Crippen LogP contribution in [0.2, 0.25) is 0 Å². The number of carbonyl (C=O) groups is 2. The second kappa shape index (κ2) is 8.69. The SMILES string of the molecule is CCC(O)C(C(=O)N[C@@H](Cc1c[nH]c2ccccc12)C(=O)O)c1ccc2c(c1)OCO2. The van der Waals surface area contributed by atoms with Crippen LogP contribution in [0.4, 0.5) is 0 Å². The molecule has 1 aliphatic rings. The molecular formula is C23H24N2O6. The lowest BCUT2D eigenvalue weighted by atomic mass is 9.90. The summed E-state index contributed by atoms with van der Waals surface area (Å²) in [6.07, 6.45) is 1.21. The van der Waals surface area contributed by atoms with Crippen molar-refractivity contribution in [2.75, 3.05) is 6.79 Å². The van der Waals surface area contributed by atoms with E-state index in [-0.39, 0.29) is 13.2 Å². The Balaban J connectivity index is 1.57. The van der Waals surface area contributed by atoms with Gasteiger partial charge in [-0.15, -0.1) is 0 Å². The fourth-order valence-electron chi connectivity index (χ4n) is 3.87. The van der Waals surface area contributed by atoms with Crippen molar-refractivity contribution in [3.63, 3.8) is 0 Å². The Morgan fingerprint density at radius 1 is 1.16 bits per heavy atom. The quantitative estimate of drug-likeness (QED) is 0.441. The second-order valence-electron chi connectivity index (χ2n) is 7.53. The lowest BCUT2D eigenvalue weighted by Gasteiger charge is -2.24. The number of carboxylic acid groups (broad SMARTS) is 1. The van der Waals surface area contributed by atoms with Gasteiger partial charge in [0.2, 0.25) is 12.7 Å². The molecule has 1 aromatic heterocycles. The number of amides is 1. The van der Waals surface area contributed by atoms with Gasteiger partial charge in [0.05, 0.1) is 12.0 Å². The number of ether oxygens (including phenoxy) is 2. The summed E-state index contributed by atoms with van der Waals surface area (Å²) in [5.74, 6) is -1.58. The average Bonchev–Trinajstić information content (AvgIpc) is 3.40. The van der Waals surface area contributed by atoms with Crippen LogP contribution in [-0.4, -0.2) is 46.0 Å². The molecule has 4 N–H and O–H groups in total. The standard InChI is InChI=1S/C23H24N2O6/c1-2-18(26)21(13-7-8-19-20(10-13)31-12-30-19)22(27)25-17(23(28)29)9-14-11-24-16-6-4-3-5-15(14)16/h3-8,10-11,17-18,21,24,26H,2,9,12H2,1H3,(H,25,27)(H,28,29)/t17-,18?,21?/m0/s1. The third kappa shape index (κ3) is 4.20. The second-order valence-corrected chi connectivity index (χ2v) is 7.53. The number of H-pyrrole nitrogens is 1. The maximum atomic E-state index is 13.1. The van der Waals surface area contributed by atoms with Crippen molar-refractivity contribution in [1.82, 2.24) is 10.3 Å². The van der Waals surface area contributed by atoms with Crippen LogP contribution in [-0.2, 0) is 16.0 Å². The van der Waals surface area contributed by atoms with Gasteiger partial charge in [-0.25, -0.2) is 4.79 Å². The van der Waals surface area contributed by atoms with Gasteiger partial charge < -0.3 is 30.0 Å². The highest BCUT2D eigenvalue weighted by Gasteiger charge is 2.32. The maximum Gasteiger partial charge on any atom is 0.326 e. The molecule has 0 spiro atoms. The van der Waals surface area contributed by atoms with Gasteiger partial charge in [-0.3, -0.25) is 4.79 Å². The minimum atomic E-state index is -1.15. The number of para-hydroxylation sites is 1. The molecule has 162 valence electrons. The zero-order valence-corrected chi connectivity index (χ0v) is 17.0. The highest BCUT2D eigenvalue weighted by molar-refractivity contribution is 5.90. The number of aromatic nitrogens is 1. The van der Waals surface area contributed by atoms with E-state index >= 15 is 0 Å². The van der Waals surface area contributed by atoms with Gasteiger partial charge >= 0.3 is 5.97 Å². The van der Waals surface area contributed by atoms with Crippen LogP contribution in [0.1, 0.15) is 30.4 Å². The lowest BCUT2D eigenvalue weighted by Crippen LogP contribution is -2.46. The van der Waals surface area contributed by atoms with E-state index < -0.39 is 29.9 Å². The number of fused-ring (bicyclic) bond motifs is 2. The molecule has 0 saturated carbocycles. The Morgan fingerprint density at radius 2 is 1.94 bits per heavy atom. The van der Waals surface area contributed by atoms with Crippen LogP contribution >= 0.6 is 0 Å². The summed E-state index contributed by atoms with van der Waals surface area (Å²) in [6.45, 7) is 1.86. The van der Waals surface area contributed by atoms with E-state index in [1.165, 1.54) is 0 Å². The zero-order valence-electron chi connectivity index (χ0n) is 17.0. The summed E-state index contributed by atoms with van der Waals surface area (Å²) in [6, 6.07) is 11.4. The number of aliphatic carboxylic acids is 1. The molecule has 0 bridgehead atoms. The molecule has 2 heterocycles. The van der Waals surface area contributed by atoms with Crippen LogP contribution in [0.25, 0.3) is 10.9 Å². The number of hydrogen-bond acceptors (Lipinski definition) is 5. The Bertz CT molecular complexity index is 1110. The number of rotatable bonds is 8. The minimum absolute atomic E-state index is 0.0949. The normalized spacial score (nSPS) is 15.4. The van der Waals surface area contributed by atoms with E-state index in [0.29, 0.717) is 23.5 Å². The van der Waals surface area contributed by atoms with E-state index in [9.17, 15) is 19.8 Å². The fourth-order valence-corrected chi connectivity index (χ4v) is 3.87. The van der Waals surface area contributed by atoms with Gasteiger partial charge in [0.15, 0.2) is 11.5 Å². The monoisotopic (exact) mass is 424 g/mol. The summed E-state index contributed by atoms with van der Waals surface area (Å²) in [4.78, 5) is 28.2. The summed E-state index contributed by atoms with van der Waals surface area (Å²) in [5, 5.41) is 23.8. The molecule has 0 aliphatic carbocycles. The highest BCUT2D eigenvalue weighted by Crippen LogP contribution is 2.36. The maximum absolute atomic E-state index is 13.1. The van der Waals surface area contributed by atoms with E-state index in [0.717, 1.165) is 16.5 Å². The van der Waals surface area contributed by atoms with Gasteiger partial charge in [0.25, 0.3) is 0 Å². The van der Waals surface area contributed by atoms with Crippen LogP contribution in [0, 0.1) is 0 Å². The van der Waals surface area contributed by atoms with Crippen molar-refractivity contribution in [3.8, 4) is 11.5 Å². The summed E-state index contributed by atoms with van der Waals surface area (Å²) in [7, 11) is 0. The molecule has 31 heavy (non-hydrogen) atoms. The number of aromatic amines is 1. The van der Waals surface area contributed by atoms with Crippen molar-refractivity contribution in [1.29, 1.82) is 0 Å². The number of nitrogens with one attached hydrogen (secondary N) is 2. The molecule has 3 atom stereocenters. The van der Waals surface area contributed by atoms with Crippen LogP contribution < -0.4 is 14.8 Å². The van der Waals surface area contributed by atoms with Crippen molar-refractivity contribution in [3.05, 3.63) is 59.8 Å². The largest absolute Gasteiger partial charge is 0.480 e. The zero-order chi connectivity index (χ0) is 22.0. The van der Waals surface area contributed by atoms with Crippen molar-refractivity contribution in [2.24, 2.45) is 0 Å². The molecule has 8 nitrogen and oxygen atoms in total. The Hall–Kier alpha value is -3.52. The Kier molecular flexibility index (Phi) is 5.81. The fraction of sp³-hybridized carbons (Fsp3) is 0.304. The first-order valence-corrected chi connectivity index (χ1v) is 10.1. The van der Waals surface area contributed by atoms with Gasteiger partial charge in [0.1, 0.15) is 6.04 Å². The summed E-state index contributed by atoms with van der Waals surface area (Å²) >= 11 is 0.